The first-order chi connectivity index (χ1) is 14.1. The smallest absolute Gasteiger partial charge is 0.365 e. The van der Waals surface area contributed by atoms with Gasteiger partial charge in [0, 0.05) is 20.3 Å². The Morgan fingerprint density at radius 3 is 1.80 bits per heavy atom. The number of likely N-dealkylation sites (N-methyl/N-ethyl adjacent to an activating group) is 1. The Bertz CT molecular complexity index is 499. The molecule has 0 fully saturated rings. The van der Waals surface area contributed by atoms with Crippen molar-refractivity contribution in [1.29, 1.82) is 0 Å². The maximum Gasteiger partial charge on any atom is 0.365 e. The molecule has 0 aliphatic heterocycles. The summed E-state index contributed by atoms with van der Waals surface area (Å²) in [7, 11) is 3.66. The molecule has 30 heavy (non-hydrogen) atoms. The van der Waals surface area contributed by atoms with Gasteiger partial charge in [-0.15, -0.1) is 0 Å². The van der Waals surface area contributed by atoms with Gasteiger partial charge >= 0.3 is 5.97 Å². The Kier molecular flexibility index (Phi) is 15.6. The van der Waals surface area contributed by atoms with Gasteiger partial charge in [0.25, 0.3) is 0 Å². The van der Waals surface area contributed by atoms with Crippen molar-refractivity contribution in [1.82, 2.24) is 5.32 Å². The number of hydrogen-bond acceptors (Lipinski definition) is 2. The quantitative estimate of drug-likeness (QED) is 0.115. The van der Waals surface area contributed by atoms with E-state index in [4.69, 9.17) is 0 Å². The zero-order chi connectivity index (χ0) is 22.9. The van der Waals surface area contributed by atoms with Crippen LogP contribution in [0.2, 0.25) is 0 Å². The predicted octanol–water partition coefficient (Wildman–Crippen LogP) is 6.04. The van der Waals surface area contributed by atoms with Crippen molar-refractivity contribution in [3.05, 3.63) is 12.2 Å². The molecule has 0 bridgehead atoms. The number of carboxylic acid groups (broad SMARTS) is 1. The van der Waals surface area contributed by atoms with Crippen molar-refractivity contribution in [3.8, 4) is 0 Å². The highest BCUT2D eigenvalue weighted by atomic mass is 16.4. The lowest BCUT2D eigenvalue weighted by molar-refractivity contribution is -0.929. The van der Waals surface area contributed by atoms with Crippen LogP contribution in [0, 0.1) is 0 Å². The number of rotatable bonds is 19. The number of carboxylic acids is 1. The molecule has 0 aromatic rings. The highest BCUT2D eigenvalue weighted by molar-refractivity contribution is 5.77. The summed E-state index contributed by atoms with van der Waals surface area (Å²) in [5.41, 5.74) is -0.948. The summed E-state index contributed by atoms with van der Waals surface area (Å²) in [5.74, 6) is -0.848. The summed E-state index contributed by atoms with van der Waals surface area (Å²) in [5, 5.41) is 12.3. The van der Waals surface area contributed by atoms with Gasteiger partial charge in [0.1, 0.15) is 0 Å². The number of aliphatic carboxylic acids is 1. The summed E-state index contributed by atoms with van der Waals surface area (Å²) in [6.07, 6.45) is 21.4. The van der Waals surface area contributed by atoms with E-state index in [0.717, 1.165) is 12.8 Å². The number of nitrogens with zero attached hydrogens (tertiary/aromatic N) is 1. The minimum absolute atomic E-state index is 0.0139. The molecule has 0 aliphatic rings. The molecule has 5 nitrogen and oxygen atoms in total. The molecule has 0 heterocycles. The minimum atomic E-state index is -0.948. The van der Waals surface area contributed by atoms with Gasteiger partial charge in [-0.05, 0) is 32.1 Å². The first-order valence-corrected chi connectivity index (χ1v) is 12.1. The Balaban J connectivity index is 3.61. The predicted molar refractivity (Wildman–Crippen MR) is 126 cm³/mol. The van der Waals surface area contributed by atoms with Crippen molar-refractivity contribution in [2.24, 2.45) is 0 Å². The number of quaternary nitrogens is 1. The van der Waals surface area contributed by atoms with E-state index in [1.165, 1.54) is 70.6 Å². The SMILES string of the molecule is CCCCCCCC/C=C\CCCCCCCC(=O)NC[N+](C)(C)C(C)(C)C(=O)O. The molecule has 2 N–H and O–H groups in total. The third kappa shape index (κ3) is 13.0. The van der Waals surface area contributed by atoms with Crippen LogP contribution in [0.25, 0.3) is 0 Å². The summed E-state index contributed by atoms with van der Waals surface area (Å²) in [4.78, 5) is 23.5. The molecule has 5 heteroatoms. The summed E-state index contributed by atoms with van der Waals surface area (Å²) in [6.45, 7) is 5.95. The second-order valence-corrected chi connectivity index (χ2v) is 9.64. The average Bonchev–Trinajstić information content (AvgIpc) is 2.69. The molecule has 0 aromatic heterocycles. The molecule has 0 rings (SSSR count). The number of carbonyl (C=O) groups excluding carboxylic acids is 1. The van der Waals surface area contributed by atoms with Crippen LogP contribution >= 0.6 is 0 Å². The Morgan fingerprint density at radius 2 is 1.30 bits per heavy atom. The lowest BCUT2D eigenvalue weighted by atomic mass is 10.0. The van der Waals surface area contributed by atoms with Crippen LogP contribution in [0.4, 0.5) is 0 Å². The van der Waals surface area contributed by atoms with E-state index in [0.29, 0.717) is 13.1 Å². The fourth-order valence-electron chi connectivity index (χ4n) is 3.19. The molecule has 176 valence electrons. The Morgan fingerprint density at radius 1 is 0.833 bits per heavy atom. The van der Waals surface area contributed by atoms with Crippen LogP contribution in [0.1, 0.15) is 111 Å². The zero-order valence-electron chi connectivity index (χ0n) is 20.5. The highest BCUT2D eigenvalue weighted by Gasteiger charge is 2.43. The van der Waals surface area contributed by atoms with Gasteiger partial charge in [0.2, 0.25) is 5.91 Å². The van der Waals surface area contributed by atoms with E-state index < -0.39 is 11.5 Å². The standard InChI is InChI=1S/C25H48N2O3/c1-6-7-8-9-10-11-12-13-14-15-16-17-18-19-20-21-23(28)26-22-27(4,5)25(2,3)24(29)30/h13-14H,6-12,15-22H2,1-5H3,(H-,26,28,29,30)/p+1/b14-13-. The van der Waals surface area contributed by atoms with Crippen molar-refractivity contribution in [2.45, 2.75) is 116 Å². The molecule has 1 amide bonds. The lowest BCUT2D eigenvalue weighted by Gasteiger charge is -2.41. The number of hydrogen-bond donors (Lipinski definition) is 2. The molecule has 0 saturated carbocycles. The molecule has 0 atom stereocenters. The van der Waals surface area contributed by atoms with Crippen LogP contribution in [0.5, 0.6) is 0 Å². The largest absolute Gasteiger partial charge is 0.477 e. The normalized spacial score (nSPS) is 12.4. The topological polar surface area (TPSA) is 66.4 Å². The molecule has 0 saturated heterocycles. The second kappa shape index (κ2) is 16.3. The zero-order valence-corrected chi connectivity index (χ0v) is 20.5. The first kappa shape index (κ1) is 28.6. The monoisotopic (exact) mass is 425 g/mol. The minimum Gasteiger partial charge on any atom is -0.477 e. The van der Waals surface area contributed by atoms with Crippen molar-refractivity contribution in [3.63, 3.8) is 0 Å². The number of nitrogens with one attached hydrogen (secondary N) is 1. The maximum atomic E-state index is 12.0. The first-order valence-electron chi connectivity index (χ1n) is 12.1. The molecule has 0 radical (unpaired) electrons. The number of amides is 1. The van der Waals surface area contributed by atoms with Gasteiger partial charge in [-0.25, -0.2) is 4.79 Å². The molecular weight excluding hydrogens is 376 g/mol. The van der Waals surface area contributed by atoms with Crippen LogP contribution in [0.3, 0.4) is 0 Å². The van der Waals surface area contributed by atoms with E-state index >= 15 is 0 Å². The molecule has 0 aliphatic carbocycles. The van der Waals surface area contributed by atoms with Crippen molar-refractivity contribution >= 4 is 11.9 Å². The molecule has 0 spiro atoms. The lowest BCUT2D eigenvalue weighted by Crippen LogP contribution is -2.63. The Hall–Kier alpha value is -1.36. The van der Waals surface area contributed by atoms with Gasteiger partial charge in [-0.3, -0.25) is 9.28 Å². The maximum absolute atomic E-state index is 12.0. The van der Waals surface area contributed by atoms with Crippen molar-refractivity contribution in [2.75, 3.05) is 20.8 Å². The fraction of sp³-hybridized carbons (Fsp3) is 0.840. The third-order valence-electron chi connectivity index (χ3n) is 6.37. The summed E-state index contributed by atoms with van der Waals surface area (Å²) in [6, 6.07) is 0. The molecule has 0 aromatic carbocycles. The fourth-order valence-corrected chi connectivity index (χ4v) is 3.19. The van der Waals surface area contributed by atoms with Crippen LogP contribution in [-0.2, 0) is 9.59 Å². The van der Waals surface area contributed by atoms with Gasteiger partial charge in [-0.1, -0.05) is 70.4 Å². The Labute approximate surface area is 185 Å². The third-order valence-corrected chi connectivity index (χ3v) is 6.37. The van der Waals surface area contributed by atoms with Gasteiger partial charge in [0.05, 0.1) is 14.1 Å². The van der Waals surface area contributed by atoms with Gasteiger partial charge in [0.15, 0.2) is 12.2 Å². The number of unbranched alkanes of at least 4 members (excludes halogenated alkanes) is 11. The number of carbonyl (C=O) groups is 2. The summed E-state index contributed by atoms with van der Waals surface area (Å²) < 4.78 is 0.209. The van der Waals surface area contributed by atoms with Crippen LogP contribution < -0.4 is 5.32 Å². The van der Waals surface area contributed by atoms with E-state index in [-0.39, 0.29) is 10.4 Å². The van der Waals surface area contributed by atoms with E-state index in [1.54, 1.807) is 13.8 Å². The van der Waals surface area contributed by atoms with Crippen LogP contribution in [-0.4, -0.2) is 47.8 Å². The van der Waals surface area contributed by atoms with Crippen LogP contribution in [0.15, 0.2) is 12.2 Å². The van der Waals surface area contributed by atoms with Gasteiger partial charge < -0.3 is 10.4 Å². The summed E-state index contributed by atoms with van der Waals surface area (Å²) >= 11 is 0. The van der Waals surface area contributed by atoms with Gasteiger partial charge in [-0.2, -0.15) is 0 Å². The molecular formula is C25H49N2O3+. The highest BCUT2D eigenvalue weighted by Crippen LogP contribution is 2.19. The number of allylic oxidation sites excluding steroid dienone is 2. The van der Waals surface area contributed by atoms with E-state index in [1.807, 2.05) is 14.1 Å². The van der Waals surface area contributed by atoms with Crippen molar-refractivity contribution < 1.29 is 19.2 Å². The van der Waals surface area contributed by atoms with E-state index in [9.17, 15) is 14.7 Å². The van der Waals surface area contributed by atoms with E-state index in [2.05, 4.69) is 24.4 Å². The average molecular weight is 426 g/mol. The molecule has 0 unspecified atom stereocenters. The second-order valence-electron chi connectivity index (χ2n) is 9.64.